The molecule has 1 aromatic carbocycles. The maximum Gasteiger partial charge on any atom is 0.254 e. The van der Waals surface area contributed by atoms with Gasteiger partial charge in [0.05, 0.1) is 11.5 Å². The van der Waals surface area contributed by atoms with Crippen molar-refractivity contribution in [3.8, 4) is 0 Å². The lowest BCUT2D eigenvalue weighted by molar-refractivity contribution is 0.0767. The summed E-state index contributed by atoms with van der Waals surface area (Å²) >= 11 is 0. The minimum Gasteiger partial charge on any atom is -0.338 e. The number of carbonyl (C=O) groups is 1. The number of carbonyl (C=O) groups excluding carboxylic acids is 1. The van der Waals surface area contributed by atoms with E-state index in [9.17, 15) is 13.2 Å². The second-order valence-corrected chi connectivity index (χ2v) is 7.61. The zero-order chi connectivity index (χ0) is 15.3. The normalized spacial score (nSPS) is 18.2. The van der Waals surface area contributed by atoms with Gasteiger partial charge in [-0.1, -0.05) is 18.2 Å². The molecule has 1 saturated heterocycles. The van der Waals surface area contributed by atoms with Crippen molar-refractivity contribution in [1.29, 1.82) is 0 Å². The highest BCUT2D eigenvalue weighted by molar-refractivity contribution is 7.91. The van der Waals surface area contributed by atoms with Crippen molar-refractivity contribution in [3.05, 3.63) is 35.4 Å². The molecule has 2 rings (SSSR count). The fourth-order valence-electron chi connectivity index (χ4n) is 2.52. The summed E-state index contributed by atoms with van der Waals surface area (Å²) in [7, 11) is -1.12. The molecule has 116 valence electrons. The Labute approximate surface area is 126 Å². The largest absolute Gasteiger partial charge is 0.338 e. The monoisotopic (exact) mass is 310 g/mol. The van der Waals surface area contributed by atoms with Gasteiger partial charge in [-0.25, -0.2) is 8.42 Å². The summed E-state index contributed by atoms with van der Waals surface area (Å²) in [5, 5.41) is 3.08. The second kappa shape index (κ2) is 7.04. The van der Waals surface area contributed by atoms with Gasteiger partial charge in [0, 0.05) is 18.7 Å². The van der Waals surface area contributed by atoms with Gasteiger partial charge in [-0.3, -0.25) is 4.79 Å². The van der Waals surface area contributed by atoms with E-state index in [0.717, 1.165) is 18.5 Å². The first-order chi connectivity index (χ1) is 10.0. The average Bonchev–Trinajstić information content (AvgIpc) is 2.65. The molecule has 1 aliphatic rings. The average molecular weight is 310 g/mol. The van der Waals surface area contributed by atoms with Gasteiger partial charge in [0.2, 0.25) is 0 Å². The van der Waals surface area contributed by atoms with E-state index in [1.807, 2.05) is 31.3 Å². The van der Waals surface area contributed by atoms with E-state index in [1.54, 1.807) is 4.90 Å². The third kappa shape index (κ3) is 4.28. The topological polar surface area (TPSA) is 66.5 Å². The van der Waals surface area contributed by atoms with Crippen LogP contribution in [-0.2, 0) is 16.3 Å². The van der Waals surface area contributed by atoms with Gasteiger partial charge in [-0.2, -0.15) is 0 Å². The van der Waals surface area contributed by atoms with Crippen molar-refractivity contribution < 1.29 is 13.2 Å². The van der Waals surface area contributed by atoms with Crippen molar-refractivity contribution in [2.45, 2.75) is 12.8 Å². The molecule has 1 heterocycles. The molecule has 0 radical (unpaired) electrons. The van der Waals surface area contributed by atoms with Crippen LogP contribution >= 0.6 is 0 Å². The van der Waals surface area contributed by atoms with Gasteiger partial charge in [-0.15, -0.1) is 0 Å². The number of rotatable bonds is 4. The molecule has 0 unspecified atom stereocenters. The fourth-order valence-corrected chi connectivity index (χ4v) is 3.79. The molecule has 1 fully saturated rings. The van der Waals surface area contributed by atoms with Gasteiger partial charge in [0.15, 0.2) is 9.84 Å². The Bertz CT molecular complexity index is 599. The van der Waals surface area contributed by atoms with Crippen LogP contribution < -0.4 is 5.32 Å². The highest BCUT2D eigenvalue weighted by Crippen LogP contribution is 2.15. The molecular weight excluding hydrogens is 288 g/mol. The van der Waals surface area contributed by atoms with Crippen LogP contribution in [0, 0.1) is 0 Å². The van der Waals surface area contributed by atoms with E-state index in [1.165, 1.54) is 0 Å². The fraction of sp³-hybridized carbons (Fsp3) is 0.533. The first-order valence-corrected chi connectivity index (χ1v) is 9.08. The third-order valence-electron chi connectivity index (χ3n) is 3.73. The highest BCUT2D eigenvalue weighted by Gasteiger charge is 2.24. The number of nitrogens with one attached hydrogen (secondary N) is 1. The van der Waals surface area contributed by atoms with E-state index >= 15 is 0 Å². The Morgan fingerprint density at radius 2 is 2.00 bits per heavy atom. The minimum atomic E-state index is -3.00. The zero-order valence-corrected chi connectivity index (χ0v) is 13.2. The number of benzene rings is 1. The number of hydrogen-bond donors (Lipinski definition) is 1. The molecule has 1 aliphatic heterocycles. The molecule has 6 heteroatoms. The lowest BCUT2D eigenvalue weighted by Crippen LogP contribution is -2.34. The maximum atomic E-state index is 12.7. The van der Waals surface area contributed by atoms with E-state index in [0.29, 0.717) is 25.1 Å². The third-order valence-corrected chi connectivity index (χ3v) is 5.45. The highest BCUT2D eigenvalue weighted by atomic mass is 32.2. The Kier molecular flexibility index (Phi) is 5.36. The lowest BCUT2D eigenvalue weighted by atomic mass is 10.0. The van der Waals surface area contributed by atoms with Crippen molar-refractivity contribution in [3.63, 3.8) is 0 Å². The van der Waals surface area contributed by atoms with Gasteiger partial charge in [0.25, 0.3) is 5.91 Å². The van der Waals surface area contributed by atoms with Crippen LogP contribution in [0.4, 0.5) is 0 Å². The molecule has 1 N–H and O–H groups in total. The Morgan fingerprint density at radius 3 is 2.76 bits per heavy atom. The number of likely N-dealkylation sites (N-methyl/N-ethyl adjacent to an activating group) is 1. The molecule has 0 aromatic heterocycles. The summed E-state index contributed by atoms with van der Waals surface area (Å²) in [4.78, 5) is 14.3. The Morgan fingerprint density at radius 1 is 1.24 bits per heavy atom. The quantitative estimate of drug-likeness (QED) is 0.889. The molecular formula is C15H22N2O3S. The summed E-state index contributed by atoms with van der Waals surface area (Å²) in [5.41, 5.74) is 1.69. The SMILES string of the molecule is CNCCc1ccccc1C(=O)N1CCCS(=O)(=O)CC1. The number of amides is 1. The van der Waals surface area contributed by atoms with Gasteiger partial charge in [0.1, 0.15) is 0 Å². The molecule has 1 aromatic rings. The second-order valence-electron chi connectivity index (χ2n) is 5.31. The van der Waals surface area contributed by atoms with Crippen LogP contribution in [0.5, 0.6) is 0 Å². The molecule has 1 amide bonds. The summed E-state index contributed by atoms with van der Waals surface area (Å²) in [6, 6.07) is 7.56. The first kappa shape index (κ1) is 16.0. The number of sulfone groups is 1. The van der Waals surface area contributed by atoms with Crippen molar-refractivity contribution in [2.75, 3.05) is 38.2 Å². The van der Waals surface area contributed by atoms with Crippen LogP contribution in [-0.4, -0.2) is 57.4 Å². The standard InChI is InChI=1S/C15H22N2O3S/c1-16-8-7-13-5-2-3-6-14(13)15(18)17-9-4-11-21(19,20)12-10-17/h2-3,5-6,16H,4,7-12H2,1H3. The van der Waals surface area contributed by atoms with Crippen LogP contribution in [0.2, 0.25) is 0 Å². The van der Waals surface area contributed by atoms with Crippen LogP contribution in [0.3, 0.4) is 0 Å². The minimum absolute atomic E-state index is 0.0567. The van der Waals surface area contributed by atoms with E-state index < -0.39 is 9.84 Å². The number of hydrogen-bond acceptors (Lipinski definition) is 4. The first-order valence-electron chi connectivity index (χ1n) is 7.26. The van der Waals surface area contributed by atoms with E-state index in [4.69, 9.17) is 0 Å². The maximum absolute atomic E-state index is 12.7. The lowest BCUT2D eigenvalue weighted by Gasteiger charge is -2.21. The van der Waals surface area contributed by atoms with E-state index in [2.05, 4.69) is 5.32 Å². The van der Waals surface area contributed by atoms with Gasteiger partial charge in [-0.05, 0) is 38.1 Å². The molecule has 0 aliphatic carbocycles. The molecule has 0 atom stereocenters. The number of nitrogens with zero attached hydrogens (tertiary/aromatic N) is 1. The zero-order valence-electron chi connectivity index (χ0n) is 12.3. The molecule has 21 heavy (non-hydrogen) atoms. The van der Waals surface area contributed by atoms with Gasteiger partial charge >= 0.3 is 0 Å². The van der Waals surface area contributed by atoms with Crippen LogP contribution in [0.15, 0.2) is 24.3 Å². The van der Waals surface area contributed by atoms with E-state index in [-0.39, 0.29) is 17.4 Å². The Hall–Kier alpha value is -1.40. The summed E-state index contributed by atoms with van der Waals surface area (Å²) in [6.07, 6.45) is 1.30. The summed E-state index contributed by atoms with van der Waals surface area (Å²) in [5.74, 6) is 0.189. The summed E-state index contributed by atoms with van der Waals surface area (Å²) in [6.45, 7) is 1.61. The van der Waals surface area contributed by atoms with Crippen molar-refractivity contribution in [1.82, 2.24) is 10.2 Å². The van der Waals surface area contributed by atoms with Gasteiger partial charge < -0.3 is 10.2 Å². The molecule has 5 nitrogen and oxygen atoms in total. The van der Waals surface area contributed by atoms with Crippen molar-refractivity contribution in [2.24, 2.45) is 0 Å². The summed E-state index contributed by atoms with van der Waals surface area (Å²) < 4.78 is 23.3. The molecule has 0 saturated carbocycles. The molecule has 0 bridgehead atoms. The van der Waals surface area contributed by atoms with Crippen LogP contribution in [0.1, 0.15) is 22.3 Å². The van der Waals surface area contributed by atoms with Crippen molar-refractivity contribution >= 4 is 15.7 Å². The predicted octanol–water partition coefficient (Wildman–Crippen LogP) is 0.709. The predicted molar refractivity (Wildman–Crippen MR) is 83.2 cm³/mol. The molecule has 0 spiro atoms. The van der Waals surface area contributed by atoms with Crippen LogP contribution in [0.25, 0.3) is 0 Å². The Balaban J connectivity index is 2.16. The smallest absolute Gasteiger partial charge is 0.254 e.